The number of methoxy groups -OCH3 is 3. The van der Waals surface area contributed by atoms with E-state index in [0.717, 1.165) is 17.1 Å². The molecule has 1 aliphatic carbocycles. The summed E-state index contributed by atoms with van der Waals surface area (Å²) in [5, 5.41) is 2.83. The average Bonchev–Trinajstić information content (AvgIpc) is 3.55. The molecular weight excluding hydrogens is 396 g/mol. The molecule has 2 aromatic rings. The van der Waals surface area contributed by atoms with E-state index in [1.54, 1.807) is 24.3 Å². The van der Waals surface area contributed by atoms with Crippen LogP contribution >= 0.6 is 0 Å². The van der Waals surface area contributed by atoms with Gasteiger partial charge in [-0.05, 0) is 49.2 Å². The molecule has 3 rings (SSSR count). The molecule has 1 N–H and O–H groups in total. The molecule has 9 heteroatoms. The second-order valence-corrected chi connectivity index (χ2v) is 8.43. The standard InChI is InChI=1S/C20H24N2O6S/c1-26-16-8-6-15(7-9-16)22(13-20(23)21-14-4-5-14)29(24,25)17-10-11-18(27-2)19(12-17)28-3/h6-12,14H,4-5,13H2,1-3H3,(H,21,23). The molecule has 0 spiro atoms. The summed E-state index contributed by atoms with van der Waals surface area (Å²) in [6, 6.07) is 10.9. The van der Waals surface area contributed by atoms with Crippen molar-refractivity contribution >= 4 is 21.6 Å². The van der Waals surface area contributed by atoms with Crippen LogP contribution in [0.5, 0.6) is 17.2 Å². The average molecular weight is 420 g/mol. The van der Waals surface area contributed by atoms with E-state index in [-0.39, 0.29) is 29.1 Å². The van der Waals surface area contributed by atoms with Crippen LogP contribution in [0.4, 0.5) is 5.69 Å². The number of ether oxygens (including phenoxy) is 3. The third kappa shape index (κ3) is 4.73. The van der Waals surface area contributed by atoms with Crippen molar-refractivity contribution in [2.24, 2.45) is 0 Å². The molecule has 1 fully saturated rings. The minimum Gasteiger partial charge on any atom is -0.497 e. The molecule has 0 heterocycles. The maximum Gasteiger partial charge on any atom is 0.264 e. The number of benzene rings is 2. The number of nitrogens with zero attached hydrogens (tertiary/aromatic N) is 1. The molecule has 1 amide bonds. The van der Waals surface area contributed by atoms with Gasteiger partial charge in [-0.25, -0.2) is 8.42 Å². The Morgan fingerprint density at radius 2 is 1.66 bits per heavy atom. The van der Waals surface area contributed by atoms with Gasteiger partial charge in [-0.2, -0.15) is 0 Å². The highest BCUT2D eigenvalue weighted by atomic mass is 32.2. The van der Waals surface area contributed by atoms with Crippen LogP contribution in [0.15, 0.2) is 47.4 Å². The van der Waals surface area contributed by atoms with Crippen LogP contribution < -0.4 is 23.8 Å². The number of hydrogen-bond acceptors (Lipinski definition) is 6. The summed E-state index contributed by atoms with van der Waals surface area (Å²) in [6.07, 6.45) is 1.83. The van der Waals surface area contributed by atoms with Gasteiger partial charge in [0.15, 0.2) is 11.5 Å². The summed E-state index contributed by atoms with van der Waals surface area (Å²) in [5.74, 6) is 0.923. The van der Waals surface area contributed by atoms with E-state index in [0.29, 0.717) is 17.2 Å². The van der Waals surface area contributed by atoms with Crippen molar-refractivity contribution in [1.82, 2.24) is 5.32 Å². The van der Waals surface area contributed by atoms with Crippen molar-refractivity contribution in [3.05, 3.63) is 42.5 Å². The molecule has 8 nitrogen and oxygen atoms in total. The summed E-state index contributed by atoms with van der Waals surface area (Å²) < 4.78 is 43.4. The van der Waals surface area contributed by atoms with E-state index in [9.17, 15) is 13.2 Å². The van der Waals surface area contributed by atoms with Gasteiger partial charge in [0.2, 0.25) is 5.91 Å². The van der Waals surface area contributed by atoms with Gasteiger partial charge in [0.25, 0.3) is 10.0 Å². The first-order valence-corrected chi connectivity index (χ1v) is 10.5. The van der Waals surface area contributed by atoms with E-state index >= 15 is 0 Å². The number of carbonyl (C=O) groups excluding carboxylic acids is 1. The molecular formula is C20H24N2O6S. The second-order valence-electron chi connectivity index (χ2n) is 6.57. The highest BCUT2D eigenvalue weighted by molar-refractivity contribution is 7.92. The number of amides is 1. The molecule has 0 saturated heterocycles. The van der Waals surface area contributed by atoms with E-state index in [1.165, 1.54) is 39.5 Å². The minimum atomic E-state index is -4.05. The quantitative estimate of drug-likeness (QED) is 0.668. The van der Waals surface area contributed by atoms with Gasteiger partial charge in [-0.3, -0.25) is 9.10 Å². The summed E-state index contributed by atoms with van der Waals surface area (Å²) >= 11 is 0. The van der Waals surface area contributed by atoms with Gasteiger partial charge >= 0.3 is 0 Å². The number of hydrogen-bond donors (Lipinski definition) is 1. The third-order valence-electron chi connectivity index (χ3n) is 4.53. The lowest BCUT2D eigenvalue weighted by Gasteiger charge is -2.24. The van der Waals surface area contributed by atoms with Crippen molar-refractivity contribution in [3.8, 4) is 17.2 Å². The van der Waals surface area contributed by atoms with Gasteiger partial charge in [-0.1, -0.05) is 0 Å². The van der Waals surface area contributed by atoms with Crippen LogP contribution in [0.25, 0.3) is 0 Å². The Bertz CT molecular complexity index is 971. The van der Waals surface area contributed by atoms with Crippen molar-refractivity contribution < 1.29 is 27.4 Å². The zero-order valence-electron chi connectivity index (χ0n) is 16.5. The highest BCUT2D eigenvalue weighted by Crippen LogP contribution is 2.32. The molecule has 2 aromatic carbocycles. The minimum absolute atomic E-state index is 0.00908. The first-order valence-electron chi connectivity index (χ1n) is 9.07. The molecule has 0 bridgehead atoms. The third-order valence-corrected chi connectivity index (χ3v) is 6.30. The lowest BCUT2D eigenvalue weighted by atomic mass is 10.3. The van der Waals surface area contributed by atoms with Crippen LogP contribution in [0.2, 0.25) is 0 Å². The van der Waals surface area contributed by atoms with Crippen LogP contribution in [-0.2, 0) is 14.8 Å². The Balaban J connectivity index is 1.99. The topological polar surface area (TPSA) is 94.2 Å². The molecule has 29 heavy (non-hydrogen) atoms. The Hall–Kier alpha value is -2.94. The fourth-order valence-corrected chi connectivity index (χ4v) is 4.24. The summed E-state index contributed by atoms with van der Waals surface area (Å²) in [7, 11) is 0.378. The second kappa shape index (κ2) is 8.60. The lowest BCUT2D eigenvalue weighted by Crippen LogP contribution is -2.41. The van der Waals surface area contributed by atoms with Crippen LogP contribution in [0.3, 0.4) is 0 Å². The predicted molar refractivity (Wildman–Crippen MR) is 108 cm³/mol. The molecule has 1 aliphatic rings. The van der Waals surface area contributed by atoms with Crippen LogP contribution in [0.1, 0.15) is 12.8 Å². The van der Waals surface area contributed by atoms with Crippen molar-refractivity contribution in [2.75, 3.05) is 32.2 Å². The number of nitrogens with one attached hydrogen (secondary N) is 1. The van der Waals surface area contributed by atoms with E-state index < -0.39 is 10.0 Å². The SMILES string of the molecule is COc1ccc(N(CC(=O)NC2CC2)S(=O)(=O)c2ccc(OC)c(OC)c2)cc1. The summed E-state index contributed by atoms with van der Waals surface area (Å²) in [5.41, 5.74) is 0.353. The van der Waals surface area contributed by atoms with Gasteiger partial charge in [0, 0.05) is 12.1 Å². The monoisotopic (exact) mass is 420 g/mol. The van der Waals surface area contributed by atoms with Crippen molar-refractivity contribution in [1.29, 1.82) is 0 Å². The van der Waals surface area contributed by atoms with Crippen molar-refractivity contribution in [2.45, 2.75) is 23.8 Å². The van der Waals surface area contributed by atoms with Gasteiger partial charge in [0.1, 0.15) is 12.3 Å². The largest absolute Gasteiger partial charge is 0.497 e. The Kier molecular flexibility index (Phi) is 6.17. The fourth-order valence-electron chi connectivity index (χ4n) is 2.80. The van der Waals surface area contributed by atoms with Gasteiger partial charge in [-0.15, -0.1) is 0 Å². The maximum absolute atomic E-state index is 13.4. The van der Waals surface area contributed by atoms with Gasteiger partial charge in [0.05, 0.1) is 31.9 Å². The van der Waals surface area contributed by atoms with Crippen LogP contribution in [0, 0.1) is 0 Å². The Morgan fingerprint density at radius 3 is 2.21 bits per heavy atom. The molecule has 0 aromatic heterocycles. The molecule has 156 valence electrons. The predicted octanol–water partition coefficient (Wildman–Crippen LogP) is 2.19. The zero-order chi connectivity index (χ0) is 21.0. The molecule has 0 atom stereocenters. The van der Waals surface area contributed by atoms with Crippen LogP contribution in [-0.4, -0.2) is 48.2 Å². The number of rotatable bonds is 9. The first-order chi connectivity index (χ1) is 13.9. The molecule has 0 aliphatic heterocycles. The highest BCUT2D eigenvalue weighted by Gasteiger charge is 2.30. The molecule has 0 unspecified atom stereocenters. The fraction of sp³-hybridized carbons (Fsp3) is 0.350. The first kappa shape index (κ1) is 20.8. The summed E-state index contributed by atoms with van der Waals surface area (Å²) in [6.45, 7) is -0.334. The van der Waals surface area contributed by atoms with E-state index in [1.807, 2.05) is 0 Å². The lowest BCUT2D eigenvalue weighted by molar-refractivity contribution is -0.119. The molecule has 1 saturated carbocycles. The number of sulfonamides is 1. The van der Waals surface area contributed by atoms with E-state index in [2.05, 4.69) is 5.32 Å². The number of carbonyl (C=O) groups is 1. The van der Waals surface area contributed by atoms with Crippen molar-refractivity contribution in [3.63, 3.8) is 0 Å². The zero-order valence-corrected chi connectivity index (χ0v) is 17.4. The molecule has 0 radical (unpaired) electrons. The Labute approximate surface area is 170 Å². The van der Waals surface area contributed by atoms with Gasteiger partial charge < -0.3 is 19.5 Å². The number of anilines is 1. The summed E-state index contributed by atoms with van der Waals surface area (Å²) in [4.78, 5) is 12.4. The normalized spacial score (nSPS) is 13.5. The van der Waals surface area contributed by atoms with E-state index in [4.69, 9.17) is 14.2 Å². The maximum atomic E-state index is 13.4. The Morgan fingerprint density at radius 1 is 1.00 bits per heavy atom. The smallest absolute Gasteiger partial charge is 0.264 e.